The molecule has 7 nitrogen and oxygen atoms in total. The molecule has 3 heterocycles. The van der Waals surface area contributed by atoms with E-state index >= 15 is 0 Å². The number of hydrogen-bond donors (Lipinski definition) is 0. The van der Waals surface area contributed by atoms with E-state index in [0.29, 0.717) is 22.3 Å². The van der Waals surface area contributed by atoms with Crippen molar-refractivity contribution in [1.82, 2.24) is 29.6 Å². The summed E-state index contributed by atoms with van der Waals surface area (Å²) in [5, 5.41) is 12.5. The monoisotopic (exact) mass is 330 g/mol. The summed E-state index contributed by atoms with van der Waals surface area (Å²) in [5.74, 6) is 0.538. The molecule has 3 aromatic heterocycles. The summed E-state index contributed by atoms with van der Waals surface area (Å²) in [5.41, 5.74) is 1.98. The molecule has 0 atom stereocenters. The van der Waals surface area contributed by atoms with Crippen LogP contribution >= 0.6 is 11.8 Å². The molecule has 8 heteroatoms. The first kappa shape index (κ1) is 15.7. The third kappa shape index (κ3) is 3.12. The van der Waals surface area contributed by atoms with Gasteiger partial charge in [0.25, 0.3) is 5.56 Å². The molecular weight excluding hydrogens is 312 g/mol. The Morgan fingerprint density at radius 2 is 2.04 bits per heavy atom. The van der Waals surface area contributed by atoms with E-state index in [0.717, 1.165) is 5.69 Å². The smallest absolute Gasteiger partial charge is 0.258 e. The van der Waals surface area contributed by atoms with Crippen LogP contribution < -0.4 is 5.56 Å². The second-order valence-electron chi connectivity index (χ2n) is 6.28. The number of tetrazole rings is 1. The van der Waals surface area contributed by atoms with Gasteiger partial charge >= 0.3 is 0 Å². The van der Waals surface area contributed by atoms with Crippen molar-refractivity contribution in [2.75, 3.05) is 0 Å². The standard InChI is InChI=1S/C15H18N6OS/c1-10-6-5-7-12-16-11(8-13(22)20(10)12)9-23-14-17-18-19-21(14)15(2,3)4/h5-8H,9H2,1-4H3. The number of fused-ring (bicyclic) bond motifs is 1. The van der Waals surface area contributed by atoms with Crippen molar-refractivity contribution in [3.05, 3.63) is 46.0 Å². The zero-order valence-electron chi connectivity index (χ0n) is 13.5. The van der Waals surface area contributed by atoms with Crippen molar-refractivity contribution in [1.29, 1.82) is 0 Å². The summed E-state index contributed by atoms with van der Waals surface area (Å²) in [6.07, 6.45) is 0. The molecule has 0 aliphatic carbocycles. The van der Waals surface area contributed by atoms with Gasteiger partial charge in [0.2, 0.25) is 5.16 Å². The Labute approximate surface area is 137 Å². The molecule has 0 aromatic carbocycles. The number of thioether (sulfide) groups is 1. The summed E-state index contributed by atoms with van der Waals surface area (Å²) < 4.78 is 3.38. The maximum Gasteiger partial charge on any atom is 0.258 e. The van der Waals surface area contributed by atoms with Crippen molar-refractivity contribution >= 4 is 17.4 Å². The zero-order chi connectivity index (χ0) is 16.6. The highest BCUT2D eigenvalue weighted by atomic mass is 32.2. The Morgan fingerprint density at radius 1 is 1.26 bits per heavy atom. The molecule has 0 N–H and O–H groups in total. The molecular formula is C15H18N6OS. The minimum atomic E-state index is -0.195. The maximum absolute atomic E-state index is 12.3. The molecule has 0 fully saturated rings. The quantitative estimate of drug-likeness (QED) is 0.684. The van der Waals surface area contributed by atoms with Gasteiger partial charge in [0.1, 0.15) is 5.65 Å². The minimum absolute atomic E-state index is 0.0703. The molecule has 3 aromatic rings. The fourth-order valence-corrected chi connectivity index (χ4v) is 3.22. The fourth-order valence-electron chi connectivity index (χ4n) is 2.27. The van der Waals surface area contributed by atoms with E-state index in [2.05, 4.69) is 20.5 Å². The first-order chi connectivity index (χ1) is 10.9. The van der Waals surface area contributed by atoms with Gasteiger partial charge in [-0.2, -0.15) is 0 Å². The van der Waals surface area contributed by atoms with Crippen molar-refractivity contribution in [2.45, 2.75) is 44.1 Å². The Morgan fingerprint density at radius 3 is 2.78 bits per heavy atom. The molecule has 0 saturated heterocycles. The minimum Gasteiger partial charge on any atom is -0.269 e. The van der Waals surface area contributed by atoms with Crippen LogP contribution in [0.5, 0.6) is 0 Å². The summed E-state index contributed by atoms with van der Waals surface area (Å²) >= 11 is 1.47. The Bertz CT molecular complexity index is 908. The van der Waals surface area contributed by atoms with E-state index < -0.39 is 0 Å². The fraction of sp³-hybridized carbons (Fsp3) is 0.400. The van der Waals surface area contributed by atoms with E-state index in [4.69, 9.17) is 0 Å². The van der Waals surface area contributed by atoms with E-state index in [-0.39, 0.29) is 11.1 Å². The number of hydrogen-bond acceptors (Lipinski definition) is 6. The molecule has 0 radical (unpaired) electrons. The number of aromatic nitrogens is 6. The molecule has 120 valence electrons. The number of nitrogens with zero attached hydrogens (tertiary/aromatic N) is 6. The van der Waals surface area contributed by atoms with E-state index in [1.165, 1.54) is 11.8 Å². The molecule has 0 spiro atoms. The van der Waals surface area contributed by atoms with Gasteiger partial charge in [-0.25, -0.2) is 9.67 Å². The first-order valence-electron chi connectivity index (χ1n) is 7.26. The molecule has 0 amide bonds. The van der Waals surface area contributed by atoms with Gasteiger partial charge in [-0.1, -0.05) is 17.8 Å². The average Bonchev–Trinajstić information content (AvgIpc) is 2.93. The SMILES string of the molecule is Cc1cccc2nc(CSc3nnnn3C(C)(C)C)cc(=O)n12. The number of rotatable bonds is 3. The van der Waals surface area contributed by atoms with Crippen molar-refractivity contribution in [3.8, 4) is 0 Å². The highest BCUT2D eigenvalue weighted by Gasteiger charge is 2.20. The Balaban J connectivity index is 1.89. The van der Waals surface area contributed by atoms with E-state index in [1.807, 2.05) is 45.9 Å². The van der Waals surface area contributed by atoms with Crippen LogP contribution in [0.2, 0.25) is 0 Å². The molecule has 3 rings (SSSR count). The number of aryl methyl sites for hydroxylation is 1. The van der Waals surface area contributed by atoms with Gasteiger partial charge < -0.3 is 0 Å². The van der Waals surface area contributed by atoms with Crippen LogP contribution in [0, 0.1) is 6.92 Å². The lowest BCUT2D eigenvalue weighted by atomic mass is 10.1. The van der Waals surface area contributed by atoms with Crippen LogP contribution in [0.3, 0.4) is 0 Å². The number of pyridine rings is 1. The van der Waals surface area contributed by atoms with Gasteiger partial charge in [0.05, 0.1) is 11.2 Å². The van der Waals surface area contributed by atoms with Gasteiger partial charge in [-0.15, -0.1) is 5.10 Å². The predicted molar refractivity (Wildman–Crippen MR) is 88.6 cm³/mol. The topological polar surface area (TPSA) is 78.0 Å². The Hall–Kier alpha value is -2.22. The van der Waals surface area contributed by atoms with Crippen LogP contribution in [0.25, 0.3) is 5.65 Å². The lowest BCUT2D eigenvalue weighted by Crippen LogP contribution is -2.24. The molecule has 0 aliphatic rings. The van der Waals surface area contributed by atoms with E-state index in [9.17, 15) is 4.79 Å². The second-order valence-corrected chi connectivity index (χ2v) is 7.22. The van der Waals surface area contributed by atoms with Crippen LogP contribution in [0.4, 0.5) is 0 Å². The van der Waals surface area contributed by atoms with Gasteiger partial charge in [0, 0.05) is 17.5 Å². The van der Waals surface area contributed by atoms with Gasteiger partial charge in [0.15, 0.2) is 0 Å². The zero-order valence-corrected chi connectivity index (χ0v) is 14.3. The van der Waals surface area contributed by atoms with Crippen LogP contribution in [0.15, 0.2) is 34.2 Å². The molecule has 23 heavy (non-hydrogen) atoms. The Kier molecular flexibility index (Phi) is 3.93. The molecule has 0 unspecified atom stereocenters. The molecule has 0 aliphatic heterocycles. The average molecular weight is 330 g/mol. The van der Waals surface area contributed by atoms with Gasteiger partial charge in [-0.05, 0) is 50.3 Å². The van der Waals surface area contributed by atoms with Crippen molar-refractivity contribution in [3.63, 3.8) is 0 Å². The molecule has 0 saturated carbocycles. The summed E-state index contributed by atoms with van der Waals surface area (Å²) in [7, 11) is 0. The normalized spacial score (nSPS) is 12.0. The molecule has 0 bridgehead atoms. The van der Waals surface area contributed by atoms with Crippen LogP contribution in [-0.2, 0) is 11.3 Å². The second kappa shape index (κ2) is 5.77. The third-order valence-electron chi connectivity index (χ3n) is 3.36. The largest absolute Gasteiger partial charge is 0.269 e. The highest BCUT2D eigenvalue weighted by Crippen LogP contribution is 2.23. The summed E-state index contributed by atoms with van der Waals surface area (Å²) in [6, 6.07) is 7.19. The van der Waals surface area contributed by atoms with Crippen LogP contribution in [0.1, 0.15) is 32.2 Å². The maximum atomic E-state index is 12.3. The van der Waals surface area contributed by atoms with Crippen molar-refractivity contribution < 1.29 is 0 Å². The van der Waals surface area contributed by atoms with E-state index in [1.54, 1.807) is 15.1 Å². The van der Waals surface area contributed by atoms with Crippen LogP contribution in [-0.4, -0.2) is 29.6 Å². The summed E-state index contributed by atoms with van der Waals surface area (Å²) in [4.78, 5) is 16.8. The lowest BCUT2D eigenvalue weighted by molar-refractivity contribution is 0.321. The highest BCUT2D eigenvalue weighted by molar-refractivity contribution is 7.98. The third-order valence-corrected chi connectivity index (χ3v) is 4.31. The predicted octanol–water partition coefficient (Wildman–Crippen LogP) is 2.04. The van der Waals surface area contributed by atoms with Gasteiger partial charge in [-0.3, -0.25) is 9.20 Å². The van der Waals surface area contributed by atoms with Crippen molar-refractivity contribution in [2.24, 2.45) is 0 Å². The summed E-state index contributed by atoms with van der Waals surface area (Å²) in [6.45, 7) is 8.01. The first-order valence-corrected chi connectivity index (χ1v) is 8.25. The lowest BCUT2D eigenvalue weighted by Gasteiger charge is -2.19.